The lowest BCUT2D eigenvalue weighted by molar-refractivity contribution is 0.341. The molecule has 0 atom stereocenters. The highest BCUT2D eigenvalue weighted by Gasteiger charge is 2.45. The molecule has 2 aromatic carbocycles. The Bertz CT molecular complexity index is 1240. The van der Waals surface area contributed by atoms with Gasteiger partial charge in [0.15, 0.2) is 0 Å². The lowest BCUT2D eigenvalue weighted by atomic mass is 9.75. The molecular formula is C24H21N5O. The van der Waals surface area contributed by atoms with Gasteiger partial charge in [-0.3, -0.25) is 5.10 Å². The lowest BCUT2D eigenvalue weighted by Gasteiger charge is -2.46. The summed E-state index contributed by atoms with van der Waals surface area (Å²) in [7, 11) is 0. The van der Waals surface area contributed by atoms with Gasteiger partial charge in [0.25, 0.3) is 0 Å². The second kappa shape index (κ2) is 7.20. The van der Waals surface area contributed by atoms with E-state index < -0.39 is 5.41 Å². The van der Waals surface area contributed by atoms with E-state index in [1.165, 1.54) is 0 Å². The quantitative estimate of drug-likeness (QED) is 0.545. The Balaban J connectivity index is 1.44. The summed E-state index contributed by atoms with van der Waals surface area (Å²) >= 11 is 0. The highest BCUT2D eigenvalue weighted by atomic mass is 16.5. The first-order valence-corrected chi connectivity index (χ1v) is 10.0. The Kier molecular flexibility index (Phi) is 4.36. The van der Waals surface area contributed by atoms with Crippen LogP contribution in [0.15, 0.2) is 66.9 Å². The maximum absolute atomic E-state index is 9.82. The van der Waals surface area contributed by atoms with E-state index in [1.54, 1.807) is 6.20 Å². The number of aromatic nitrogens is 3. The molecule has 148 valence electrons. The van der Waals surface area contributed by atoms with E-state index in [1.807, 2.05) is 67.6 Å². The number of nitrogens with one attached hydrogen (secondary N) is 1. The van der Waals surface area contributed by atoms with Crippen LogP contribution in [0.2, 0.25) is 0 Å². The normalized spacial score (nSPS) is 14.9. The largest absolute Gasteiger partial charge is 0.494 e. The average molecular weight is 395 g/mol. The van der Waals surface area contributed by atoms with Crippen LogP contribution >= 0.6 is 0 Å². The predicted octanol–water partition coefficient (Wildman–Crippen LogP) is 4.31. The predicted molar refractivity (Wildman–Crippen MR) is 116 cm³/mol. The molecule has 6 heteroatoms. The third kappa shape index (κ3) is 2.96. The number of nitriles is 1. The van der Waals surface area contributed by atoms with Crippen molar-refractivity contribution in [3.05, 3.63) is 72.4 Å². The molecule has 6 nitrogen and oxygen atoms in total. The van der Waals surface area contributed by atoms with Crippen molar-refractivity contribution in [3.8, 4) is 23.1 Å². The molecule has 0 unspecified atom stereocenters. The van der Waals surface area contributed by atoms with Gasteiger partial charge in [-0.05, 0) is 42.8 Å². The molecule has 3 heterocycles. The number of H-pyrrole nitrogens is 1. The number of benzene rings is 2. The van der Waals surface area contributed by atoms with Crippen LogP contribution in [0.25, 0.3) is 22.2 Å². The van der Waals surface area contributed by atoms with Gasteiger partial charge in [-0.15, -0.1) is 0 Å². The Hall–Kier alpha value is -3.85. The van der Waals surface area contributed by atoms with Crippen LogP contribution in [-0.4, -0.2) is 34.9 Å². The standard InChI is InChI=1S/C24H21N5O/c1-2-30-19-8-9-21-20(13-19)23(28-27-21)17-10-11-26-22(12-17)29-15-24(14-25,16-29)18-6-4-3-5-7-18/h3-13H,2,15-16H2,1H3,(H,27,28). The van der Waals surface area contributed by atoms with Crippen molar-refractivity contribution in [2.24, 2.45) is 0 Å². The molecule has 1 N–H and O–H groups in total. The second-order valence-corrected chi connectivity index (χ2v) is 7.53. The number of hydrogen-bond acceptors (Lipinski definition) is 5. The zero-order chi connectivity index (χ0) is 20.6. The minimum Gasteiger partial charge on any atom is -0.494 e. The van der Waals surface area contributed by atoms with Crippen molar-refractivity contribution < 1.29 is 4.74 Å². The summed E-state index contributed by atoms with van der Waals surface area (Å²) in [4.78, 5) is 6.68. The average Bonchev–Trinajstić information content (AvgIpc) is 3.18. The summed E-state index contributed by atoms with van der Waals surface area (Å²) < 4.78 is 5.65. The van der Waals surface area contributed by atoms with Crippen LogP contribution in [0.3, 0.4) is 0 Å². The van der Waals surface area contributed by atoms with Gasteiger partial charge < -0.3 is 9.64 Å². The highest BCUT2D eigenvalue weighted by molar-refractivity contribution is 5.94. The number of ether oxygens (including phenoxy) is 1. The van der Waals surface area contributed by atoms with Gasteiger partial charge >= 0.3 is 0 Å². The van der Waals surface area contributed by atoms with Crippen molar-refractivity contribution in [1.82, 2.24) is 15.2 Å². The van der Waals surface area contributed by atoms with Crippen molar-refractivity contribution in [3.63, 3.8) is 0 Å². The van der Waals surface area contributed by atoms with Crippen LogP contribution in [-0.2, 0) is 5.41 Å². The summed E-state index contributed by atoms with van der Waals surface area (Å²) in [6, 6.07) is 22.4. The third-order valence-electron chi connectivity index (χ3n) is 5.65. The third-order valence-corrected chi connectivity index (χ3v) is 5.65. The fourth-order valence-electron chi connectivity index (χ4n) is 4.05. The van der Waals surface area contributed by atoms with Crippen molar-refractivity contribution in [2.75, 3.05) is 24.6 Å². The zero-order valence-electron chi connectivity index (χ0n) is 16.7. The van der Waals surface area contributed by atoms with E-state index >= 15 is 0 Å². The van der Waals surface area contributed by atoms with Gasteiger partial charge in [-0.2, -0.15) is 10.4 Å². The van der Waals surface area contributed by atoms with E-state index in [-0.39, 0.29) is 0 Å². The number of rotatable bonds is 5. The summed E-state index contributed by atoms with van der Waals surface area (Å²) in [5, 5.41) is 18.5. The minimum atomic E-state index is -0.482. The molecule has 1 aliphatic rings. The first-order chi connectivity index (χ1) is 14.7. The molecule has 1 fully saturated rings. The zero-order valence-corrected chi connectivity index (χ0v) is 16.7. The Morgan fingerprint density at radius 3 is 2.73 bits per heavy atom. The van der Waals surface area contributed by atoms with Crippen LogP contribution in [0, 0.1) is 11.3 Å². The van der Waals surface area contributed by atoms with E-state index in [2.05, 4.69) is 26.2 Å². The topological polar surface area (TPSA) is 77.8 Å². The molecule has 30 heavy (non-hydrogen) atoms. The van der Waals surface area contributed by atoms with Crippen molar-refractivity contribution in [2.45, 2.75) is 12.3 Å². The smallest absolute Gasteiger partial charge is 0.129 e. The molecule has 0 amide bonds. The number of hydrogen-bond donors (Lipinski definition) is 1. The minimum absolute atomic E-state index is 0.482. The molecule has 5 rings (SSSR count). The van der Waals surface area contributed by atoms with Gasteiger partial charge in [0.05, 0.1) is 18.2 Å². The van der Waals surface area contributed by atoms with Crippen molar-refractivity contribution >= 4 is 16.7 Å². The number of nitrogens with zero attached hydrogens (tertiary/aromatic N) is 4. The first-order valence-electron chi connectivity index (χ1n) is 10.0. The van der Waals surface area contributed by atoms with Crippen LogP contribution in [0.4, 0.5) is 5.82 Å². The number of anilines is 1. The highest BCUT2D eigenvalue weighted by Crippen LogP contribution is 2.38. The number of fused-ring (bicyclic) bond motifs is 1. The van der Waals surface area contributed by atoms with E-state index in [0.717, 1.165) is 39.3 Å². The van der Waals surface area contributed by atoms with Crippen LogP contribution in [0.5, 0.6) is 5.75 Å². The van der Waals surface area contributed by atoms with Gasteiger partial charge in [0.1, 0.15) is 22.7 Å². The lowest BCUT2D eigenvalue weighted by Crippen LogP contribution is -2.59. The maximum Gasteiger partial charge on any atom is 0.129 e. The molecule has 0 aliphatic carbocycles. The van der Waals surface area contributed by atoms with Crippen LogP contribution in [0.1, 0.15) is 12.5 Å². The molecule has 1 saturated heterocycles. The van der Waals surface area contributed by atoms with Gasteiger partial charge in [0.2, 0.25) is 0 Å². The maximum atomic E-state index is 9.82. The first kappa shape index (κ1) is 18.2. The summed E-state index contributed by atoms with van der Waals surface area (Å²) in [6.07, 6.45) is 1.80. The Morgan fingerprint density at radius 2 is 1.97 bits per heavy atom. The molecule has 0 radical (unpaired) electrons. The van der Waals surface area contributed by atoms with E-state index in [4.69, 9.17) is 4.74 Å². The number of pyridine rings is 1. The molecule has 0 bridgehead atoms. The monoisotopic (exact) mass is 395 g/mol. The summed E-state index contributed by atoms with van der Waals surface area (Å²) in [5.74, 6) is 1.68. The van der Waals surface area contributed by atoms with E-state index in [0.29, 0.717) is 19.7 Å². The fourth-order valence-corrected chi connectivity index (χ4v) is 4.05. The van der Waals surface area contributed by atoms with Gasteiger partial charge in [0, 0.05) is 30.2 Å². The SMILES string of the molecule is CCOc1ccc2[nH]nc(-c3ccnc(N4CC(C#N)(c5ccccc5)C4)c3)c2c1. The molecule has 4 aromatic rings. The Labute approximate surface area is 174 Å². The van der Waals surface area contributed by atoms with Crippen molar-refractivity contribution in [1.29, 1.82) is 5.26 Å². The molecule has 0 spiro atoms. The summed E-state index contributed by atoms with van der Waals surface area (Å²) in [5.41, 5.74) is 3.38. The molecule has 2 aromatic heterocycles. The Morgan fingerprint density at radius 1 is 1.13 bits per heavy atom. The fraction of sp³-hybridized carbons (Fsp3) is 0.208. The summed E-state index contributed by atoms with van der Waals surface area (Å²) in [6.45, 7) is 3.84. The second-order valence-electron chi connectivity index (χ2n) is 7.53. The van der Waals surface area contributed by atoms with E-state index in [9.17, 15) is 5.26 Å². The molecule has 0 saturated carbocycles. The van der Waals surface area contributed by atoms with Crippen LogP contribution < -0.4 is 9.64 Å². The molecule has 1 aliphatic heterocycles. The molecular weight excluding hydrogens is 374 g/mol. The van der Waals surface area contributed by atoms with Gasteiger partial charge in [-0.25, -0.2) is 4.98 Å². The van der Waals surface area contributed by atoms with Gasteiger partial charge in [-0.1, -0.05) is 30.3 Å². The number of aromatic amines is 1.